The average molecular weight is 236 g/mol. The second kappa shape index (κ2) is 5.05. The standard InChI is InChI=1S/C13H14ClNO/c1-4-13(2,3)15-12(16)11(14)10-8-6-5-7-9-10/h1,5-9,11H,2-3H3,(H,15,16). The Bertz CT molecular complexity index is 406. The Morgan fingerprint density at radius 2 is 2.00 bits per heavy atom. The Balaban J connectivity index is 2.74. The van der Waals surface area contributed by atoms with Gasteiger partial charge in [-0.3, -0.25) is 4.79 Å². The number of terminal acetylenes is 1. The van der Waals surface area contributed by atoms with E-state index in [9.17, 15) is 4.79 Å². The van der Waals surface area contributed by atoms with Gasteiger partial charge in [-0.2, -0.15) is 0 Å². The maximum atomic E-state index is 11.8. The van der Waals surface area contributed by atoms with Gasteiger partial charge < -0.3 is 5.32 Å². The van der Waals surface area contributed by atoms with E-state index in [0.29, 0.717) is 0 Å². The molecule has 1 N–H and O–H groups in total. The highest BCUT2D eigenvalue weighted by molar-refractivity contribution is 6.30. The van der Waals surface area contributed by atoms with Crippen molar-refractivity contribution in [1.29, 1.82) is 0 Å². The number of alkyl halides is 1. The van der Waals surface area contributed by atoms with E-state index in [1.165, 1.54) is 0 Å². The molecule has 2 nitrogen and oxygen atoms in total. The molecule has 0 aliphatic carbocycles. The SMILES string of the molecule is C#CC(C)(C)NC(=O)C(Cl)c1ccccc1. The summed E-state index contributed by atoms with van der Waals surface area (Å²) in [6, 6.07) is 9.16. The molecule has 0 aliphatic rings. The van der Waals surface area contributed by atoms with Crippen molar-refractivity contribution < 1.29 is 4.79 Å². The molecule has 1 aromatic rings. The van der Waals surface area contributed by atoms with Crippen molar-refractivity contribution >= 4 is 17.5 Å². The molecule has 16 heavy (non-hydrogen) atoms. The van der Waals surface area contributed by atoms with Gasteiger partial charge in [-0.25, -0.2) is 0 Å². The van der Waals surface area contributed by atoms with Gasteiger partial charge in [0.1, 0.15) is 5.38 Å². The zero-order valence-corrected chi connectivity index (χ0v) is 10.1. The van der Waals surface area contributed by atoms with Crippen LogP contribution >= 0.6 is 11.6 Å². The lowest BCUT2D eigenvalue weighted by Gasteiger charge is -2.21. The summed E-state index contributed by atoms with van der Waals surface area (Å²) >= 11 is 6.04. The van der Waals surface area contributed by atoms with Crippen molar-refractivity contribution in [2.45, 2.75) is 24.8 Å². The first kappa shape index (κ1) is 12.6. The Morgan fingerprint density at radius 1 is 1.44 bits per heavy atom. The van der Waals surface area contributed by atoms with E-state index in [2.05, 4.69) is 11.2 Å². The number of hydrogen-bond acceptors (Lipinski definition) is 1. The van der Waals surface area contributed by atoms with Crippen LogP contribution < -0.4 is 5.32 Å². The highest BCUT2D eigenvalue weighted by Crippen LogP contribution is 2.20. The number of hydrogen-bond donors (Lipinski definition) is 1. The highest BCUT2D eigenvalue weighted by Gasteiger charge is 2.23. The summed E-state index contributed by atoms with van der Waals surface area (Å²) in [4.78, 5) is 11.8. The largest absolute Gasteiger partial charge is 0.339 e. The molecule has 84 valence electrons. The number of carbonyl (C=O) groups excluding carboxylic acids is 1. The van der Waals surface area contributed by atoms with Crippen LogP contribution in [0.3, 0.4) is 0 Å². The van der Waals surface area contributed by atoms with E-state index in [4.69, 9.17) is 18.0 Å². The molecule has 0 radical (unpaired) electrons. The maximum Gasteiger partial charge on any atom is 0.243 e. The molecule has 0 fully saturated rings. The van der Waals surface area contributed by atoms with Crippen LogP contribution in [0.15, 0.2) is 30.3 Å². The summed E-state index contributed by atoms with van der Waals surface area (Å²) in [7, 11) is 0. The molecule has 0 bridgehead atoms. The van der Waals surface area contributed by atoms with Gasteiger partial charge >= 0.3 is 0 Å². The fourth-order valence-electron chi connectivity index (χ4n) is 1.18. The Hall–Kier alpha value is -1.46. The summed E-state index contributed by atoms with van der Waals surface area (Å²) in [5.74, 6) is 2.21. The molecule has 0 saturated carbocycles. The Morgan fingerprint density at radius 3 is 2.50 bits per heavy atom. The van der Waals surface area contributed by atoms with Gasteiger partial charge in [0.2, 0.25) is 5.91 Å². The quantitative estimate of drug-likeness (QED) is 0.633. The molecule has 0 aromatic heterocycles. The second-order valence-corrected chi connectivity index (χ2v) is 4.47. The van der Waals surface area contributed by atoms with Crippen molar-refractivity contribution in [2.24, 2.45) is 0 Å². The van der Waals surface area contributed by atoms with Gasteiger partial charge in [0, 0.05) is 0 Å². The zero-order valence-electron chi connectivity index (χ0n) is 9.33. The molecule has 0 spiro atoms. The highest BCUT2D eigenvalue weighted by atomic mass is 35.5. The Labute approximate surface area is 101 Å². The first-order valence-electron chi connectivity index (χ1n) is 4.95. The van der Waals surface area contributed by atoms with Gasteiger partial charge in [-0.15, -0.1) is 18.0 Å². The predicted molar refractivity (Wildman–Crippen MR) is 66.1 cm³/mol. The van der Waals surface area contributed by atoms with Crippen molar-refractivity contribution in [2.75, 3.05) is 0 Å². The van der Waals surface area contributed by atoms with Gasteiger partial charge in [0.25, 0.3) is 0 Å². The van der Waals surface area contributed by atoms with Crippen LogP contribution in [0.2, 0.25) is 0 Å². The van der Waals surface area contributed by atoms with Crippen molar-refractivity contribution in [3.63, 3.8) is 0 Å². The molecule has 1 rings (SSSR count). The maximum absolute atomic E-state index is 11.8. The predicted octanol–water partition coefficient (Wildman–Crippen LogP) is 2.49. The molecule has 0 saturated heterocycles. The molecular weight excluding hydrogens is 222 g/mol. The Kier molecular flexibility index (Phi) is 3.98. The van der Waals surface area contributed by atoms with E-state index in [1.54, 1.807) is 26.0 Å². The monoisotopic (exact) mass is 235 g/mol. The fraction of sp³-hybridized carbons (Fsp3) is 0.308. The smallest absolute Gasteiger partial charge is 0.243 e. The van der Waals surface area contributed by atoms with Crippen LogP contribution in [0.5, 0.6) is 0 Å². The minimum Gasteiger partial charge on any atom is -0.339 e. The average Bonchev–Trinajstić information content (AvgIpc) is 2.28. The number of amides is 1. The molecule has 0 heterocycles. The third-order valence-electron chi connectivity index (χ3n) is 2.12. The summed E-state index contributed by atoms with van der Waals surface area (Å²) < 4.78 is 0. The number of halogens is 1. The van der Waals surface area contributed by atoms with Crippen LogP contribution in [0.25, 0.3) is 0 Å². The molecule has 1 unspecified atom stereocenters. The van der Waals surface area contributed by atoms with Crippen LogP contribution in [0, 0.1) is 12.3 Å². The van der Waals surface area contributed by atoms with Gasteiger partial charge in [-0.1, -0.05) is 36.3 Å². The summed E-state index contributed by atoms with van der Waals surface area (Å²) in [6.45, 7) is 3.50. The van der Waals surface area contributed by atoms with E-state index in [0.717, 1.165) is 5.56 Å². The lowest BCUT2D eigenvalue weighted by atomic mass is 10.1. The first-order valence-corrected chi connectivity index (χ1v) is 5.39. The second-order valence-electron chi connectivity index (χ2n) is 4.03. The topological polar surface area (TPSA) is 29.1 Å². The minimum atomic E-state index is -0.714. The first-order chi connectivity index (χ1) is 7.46. The number of nitrogens with one attached hydrogen (secondary N) is 1. The normalized spacial score (nSPS) is 12.6. The number of benzene rings is 1. The minimum absolute atomic E-state index is 0.282. The van der Waals surface area contributed by atoms with E-state index in [-0.39, 0.29) is 5.91 Å². The summed E-state index contributed by atoms with van der Waals surface area (Å²) in [6.07, 6.45) is 5.29. The third kappa shape index (κ3) is 3.29. The fourth-order valence-corrected chi connectivity index (χ4v) is 1.38. The van der Waals surface area contributed by atoms with E-state index >= 15 is 0 Å². The van der Waals surface area contributed by atoms with E-state index in [1.807, 2.05) is 18.2 Å². The molecule has 0 aliphatic heterocycles. The van der Waals surface area contributed by atoms with Crippen molar-refractivity contribution in [1.82, 2.24) is 5.32 Å². The zero-order chi connectivity index (χ0) is 12.2. The van der Waals surface area contributed by atoms with Gasteiger partial charge in [0.15, 0.2) is 0 Å². The number of rotatable bonds is 3. The van der Waals surface area contributed by atoms with E-state index < -0.39 is 10.9 Å². The summed E-state index contributed by atoms with van der Waals surface area (Å²) in [5, 5.41) is 1.98. The third-order valence-corrected chi connectivity index (χ3v) is 2.57. The van der Waals surface area contributed by atoms with Gasteiger partial charge in [-0.05, 0) is 19.4 Å². The van der Waals surface area contributed by atoms with Gasteiger partial charge in [0.05, 0.1) is 5.54 Å². The molecular formula is C13H14ClNO. The van der Waals surface area contributed by atoms with Crippen molar-refractivity contribution in [3.8, 4) is 12.3 Å². The van der Waals surface area contributed by atoms with Crippen LogP contribution in [-0.2, 0) is 4.79 Å². The lowest BCUT2D eigenvalue weighted by molar-refractivity contribution is -0.121. The van der Waals surface area contributed by atoms with Crippen LogP contribution in [0.1, 0.15) is 24.8 Å². The van der Waals surface area contributed by atoms with Crippen LogP contribution in [-0.4, -0.2) is 11.4 Å². The molecule has 1 amide bonds. The molecule has 1 atom stereocenters. The molecule has 3 heteroatoms. The van der Waals surface area contributed by atoms with Crippen molar-refractivity contribution in [3.05, 3.63) is 35.9 Å². The lowest BCUT2D eigenvalue weighted by Crippen LogP contribution is -2.43. The van der Waals surface area contributed by atoms with Crippen LogP contribution in [0.4, 0.5) is 0 Å². The number of carbonyl (C=O) groups is 1. The molecule has 1 aromatic carbocycles. The summed E-state index contributed by atoms with van der Waals surface area (Å²) in [5.41, 5.74) is 0.0772.